The molecular weight excluding hydrogens is 306 g/mol. The Labute approximate surface area is 147 Å². The van der Waals surface area contributed by atoms with E-state index in [-0.39, 0.29) is 0 Å². The van der Waals surface area contributed by atoms with E-state index in [1.165, 1.54) is 0 Å². The first kappa shape index (κ1) is 15.3. The Morgan fingerprint density at radius 1 is 0.880 bits per heavy atom. The molecule has 0 N–H and O–H groups in total. The first-order valence-corrected chi connectivity index (χ1v) is 8.34. The van der Waals surface area contributed by atoms with Crippen molar-refractivity contribution in [3.63, 3.8) is 0 Å². The molecule has 0 amide bonds. The zero-order valence-electron chi connectivity index (χ0n) is 14.3. The average Bonchev–Trinajstić information content (AvgIpc) is 3.00. The van der Waals surface area contributed by atoms with Crippen molar-refractivity contribution >= 4 is 22.3 Å². The number of fused-ring (bicyclic) bond motifs is 1. The van der Waals surface area contributed by atoms with E-state index in [2.05, 4.69) is 48.4 Å². The topological polar surface area (TPSA) is 30.2 Å². The Kier molecular flexibility index (Phi) is 3.90. The summed E-state index contributed by atoms with van der Waals surface area (Å²) in [6, 6.07) is 24.9. The fourth-order valence-electron chi connectivity index (χ4n) is 3.02. The molecule has 0 saturated carbocycles. The Balaban J connectivity index is 1.91. The molecule has 0 saturated heterocycles. The molecule has 3 heteroatoms. The molecule has 0 aliphatic rings. The standard InChI is InChI=1S/C22H19N3/c1-16-13-21-19(15-25(2)24-21)14-20(16)23-22(17-9-5-3-6-10-17)18-11-7-4-8-12-18/h3-15H,1-2H3. The van der Waals surface area contributed by atoms with Crippen LogP contribution in [0.4, 0.5) is 5.69 Å². The monoisotopic (exact) mass is 325 g/mol. The molecule has 0 unspecified atom stereocenters. The molecule has 3 nitrogen and oxygen atoms in total. The number of nitrogens with zero attached hydrogens (tertiary/aromatic N) is 3. The van der Waals surface area contributed by atoms with Crippen LogP contribution < -0.4 is 0 Å². The van der Waals surface area contributed by atoms with Gasteiger partial charge in [0.2, 0.25) is 0 Å². The maximum atomic E-state index is 5.04. The molecule has 0 aliphatic carbocycles. The Hall–Kier alpha value is -3.20. The van der Waals surface area contributed by atoms with E-state index in [0.717, 1.165) is 39.0 Å². The predicted octanol–water partition coefficient (Wildman–Crippen LogP) is 5.05. The third kappa shape index (κ3) is 3.09. The Bertz CT molecular complexity index is 1000. The summed E-state index contributed by atoms with van der Waals surface area (Å²) in [4.78, 5) is 5.04. The van der Waals surface area contributed by atoms with Crippen LogP contribution in [0, 0.1) is 6.92 Å². The van der Waals surface area contributed by atoms with Crippen LogP contribution >= 0.6 is 0 Å². The third-order valence-electron chi connectivity index (χ3n) is 4.26. The van der Waals surface area contributed by atoms with Gasteiger partial charge in [0.25, 0.3) is 0 Å². The molecule has 1 aromatic heterocycles. The zero-order chi connectivity index (χ0) is 17.2. The van der Waals surface area contributed by atoms with Crippen LogP contribution in [-0.2, 0) is 7.05 Å². The number of hydrogen-bond acceptors (Lipinski definition) is 2. The van der Waals surface area contributed by atoms with Gasteiger partial charge >= 0.3 is 0 Å². The SMILES string of the molecule is Cc1cc2nn(C)cc2cc1N=C(c1ccccc1)c1ccccc1. The van der Waals surface area contributed by atoms with Crippen molar-refractivity contribution < 1.29 is 0 Å². The molecule has 0 atom stereocenters. The minimum atomic E-state index is 0.975. The number of rotatable bonds is 3. The highest BCUT2D eigenvalue weighted by atomic mass is 15.2. The fraction of sp³-hybridized carbons (Fsp3) is 0.0909. The average molecular weight is 325 g/mol. The summed E-state index contributed by atoms with van der Waals surface area (Å²) in [5.41, 5.74) is 6.30. The maximum Gasteiger partial charge on any atom is 0.0927 e. The van der Waals surface area contributed by atoms with Gasteiger partial charge in [0.05, 0.1) is 16.9 Å². The van der Waals surface area contributed by atoms with Crippen molar-refractivity contribution in [2.75, 3.05) is 0 Å². The van der Waals surface area contributed by atoms with Crippen molar-refractivity contribution in [3.05, 3.63) is 95.7 Å². The van der Waals surface area contributed by atoms with Crippen LogP contribution in [-0.4, -0.2) is 15.5 Å². The summed E-state index contributed by atoms with van der Waals surface area (Å²) in [7, 11) is 1.94. The number of aromatic nitrogens is 2. The van der Waals surface area contributed by atoms with Crippen molar-refractivity contribution in [2.45, 2.75) is 6.92 Å². The van der Waals surface area contributed by atoms with Gasteiger partial charge in [-0.25, -0.2) is 4.99 Å². The molecule has 0 spiro atoms. The summed E-state index contributed by atoms with van der Waals surface area (Å²) in [6.45, 7) is 2.08. The van der Waals surface area contributed by atoms with Crippen LogP contribution in [0.1, 0.15) is 16.7 Å². The van der Waals surface area contributed by atoms with E-state index < -0.39 is 0 Å². The van der Waals surface area contributed by atoms with Crippen molar-refractivity contribution in [1.82, 2.24) is 9.78 Å². The van der Waals surface area contributed by atoms with Gasteiger partial charge in [-0.1, -0.05) is 60.7 Å². The summed E-state index contributed by atoms with van der Waals surface area (Å²) in [6.07, 6.45) is 2.03. The van der Waals surface area contributed by atoms with E-state index in [1.54, 1.807) is 0 Å². The molecule has 25 heavy (non-hydrogen) atoms. The van der Waals surface area contributed by atoms with E-state index >= 15 is 0 Å². The lowest BCUT2D eigenvalue weighted by atomic mass is 10.0. The second-order valence-corrected chi connectivity index (χ2v) is 6.19. The third-order valence-corrected chi connectivity index (χ3v) is 4.26. The summed E-state index contributed by atoms with van der Waals surface area (Å²) < 4.78 is 1.84. The lowest BCUT2D eigenvalue weighted by Gasteiger charge is -2.09. The predicted molar refractivity (Wildman–Crippen MR) is 104 cm³/mol. The minimum absolute atomic E-state index is 0.975. The number of hydrogen-bond donors (Lipinski definition) is 0. The van der Waals surface area contributed by atoms with Gasteiger partial charge in [-0.05, 0) is 24.6 Å². The number of aryl methyl sites for hydroxylation is 2. The van der Waals surface area contributed by atoms with Crippen LogP contribution in [0.15, 0.2) is 84.0 Å². The van der Waals surface area contributed by atoms with Crippen molar-refractivity contribution in [1.29, 1.82) is 0 Å². The molecule has 3 aromatic carbocycles. The second-order valence-electron chi connectivity index (χ2n) is 6.19. The highest BCUT2D eigenvalue weighted by Gasteiger charge is 2.09. The van der Waals surface area contributed by atoms with Gasteiger partial charge < -0.3 is 0 Å². The molecule has 0 aliphatic heterocycles. The van der Waals surface area contributed by atoms with Gasteiger partial charge in [-0.3, -0.25) is 4.68 Å². The molecule has 4 rings (SSSR count). The van der Waals surface area contributed by atoms with Gasteiger partial charge in [0, 0.05) is 29.8 Å². The minimum Gasteiger partial charge on any atom is -0.275 e. The number of aliphatic imine (C=N–C) groups is 1. The van der Waals surface area contributed by atoms with E-state index in [9.17, 15) is 0 Å². The second kappa shape index (κ2) is 6.36. The van der Waals surface area contributed by atoms with Crippen molar-refractivity contribution in [2.24, 2.45) is 12.0 Å². The zero-order valence-corrected chi connectivity index (χ0v) is 14.3. The Morgan fingerprint density at radius 3 is 2.08 bits per heavy atom. The van der Waals surface area contributed by atoms with E-state index in [0.29, 0.717) is 0 Å². The summed E-state index contributed by atoms with van der Waals surface area (Å²) >= 11 is 0. The smallest absolute Gasteiger partial charge is 0.0927 e. The molecular formula is C22H19N3. The fourth-order valence-corrected chi connectivity index (χ4v) is 3.02. The highest BCUT2D eigenvalue weighted by Crippen LogP contribution is 2.27. The highest BCUT2D eigenvalue weighted by molar-refractivity contribution is 6.14. The Morgan fingerprint density at radius 2 is 1.48 bits per heavy atom. The lowest BCUT2D eigenvalue weighted by Crippen LogP contribution is -2.02. The summed E-state index contributed by atoms with van der Waals surface area (Å²) in [5, 5.41) is 5.58. The van der Waals surface area contributed by atoms with Crippen LogP contribution in [0.5, 0.6) is 0 Å². The van der Waals surface area contributed by atoms with Crippen molar-refractivity contribution in [3.8, 4) is 0 Å². The quantitative estimate of drug-likeness (QED) is 0.485. The largest absolute Gasteiger partial charge is 0.275 e. The summed E-state index contributed by atoms with van der Waals surface area (Å²) in [5.74, 6) is 0. The van der Waals surface area contributed by atoms with Crippen LogP contribution in [0.25, 0.3) is 10.9 Å². The molecule has 4 aromatic rings. The normalized spacial score (nSPS) is 10.8. The lowest BCUT2D eigenvalue weighted by molar-refractivity contribution is 0.779. The van der Waals surface area contributed by atoms with E-state index in [4.69, 9.17) is 4.99 Å². The molecule has 0 fully saturated rings. The molecule has 0 radical (unpaired) electrons. The first-order valence-electron chi connectivity index (χ1n) is 8.34. The molecule has 122 valence electrons. The van der Waals surface area contributed by atoms with Gasteiger partial charge in [-0.2, -0.15) is 5.10 Å². The van der Waals surface area contributed by atoms with Gasteiger partial charge in [0.15, 0.2) is 0 Å². The van der Waals surface area contributed by atoms with Gasteiger partial charge in [0.1, 0.15) is 0 Å². The maximum absolute atomic E-state index is 5.04. The van der Waals surface area contributed by atoms with E-state index in [1.807, 2.05) is 54.3 Å². The molecule has 1 heterocycles. The van der Waals surface area contributed by atoms with Gasteiger partial charge in [-0.15, -0.1) is 0 Å². The number of benzene rings is 3. The van der Waals surface area contributed by atoms with Crippen LogP contribution in [0.3, 0.4) is 0 Å². The molecule has 0 bridgehead atoms. The first-order chi connectivity index (χ1) is 12.2. The van der Waals surface area contributed by atoms with Crippen LogP contribution in [0.2, 0.25) is 0 Å².